The number of likely N-dealkylation sites (N-methyl/N-ethyl adjacent to an activating group) is 1. The minimum Gasteiger partial charge on any atom is -0.398 e. The van der Waals surface area contributed by atoms with Crippen LogP contribution in [0, 0.1) is 6.92 Å². The van der Waals surface area contributed by atoms with Crippen LogP contribution in [0.2, 0.25) is 0 Å². The van der Waals surface area contributed by atoms with Gasteiger partial charge in [0, 0.05) is 19.1 Å². The Hall–Kier alpha value is -1.11. The van der Waals surface area contributed by atoms with Gasteiger partial charge in [0.2, 0.25) is 10.0 Å². The van der Waals surface area contributed by atoms with Crippen LogP contribution in [0.25, 0.3) is 0 Å². The van der Waals surface area contributed by atoms with Gasteiger partial charge in [-0.1, -0.05) is 19.1 Å². The lowest BCUT2D eigenvalue weighted by atomic mass is 10.2. The fourth-order valence-electron chi connectivity index (χ4n) is 2.48. The number of aryl methyl sites for hydroxylation is 1. The summed E-state index contributed by atoms with van der Waals surface area (Å²) in [5.74, 6) is 0. The van der Waals surface area contributed by atoms with E-state index in [1.165, 1.54) is 12.8 Å². The third-order valence-electron chi connectivity index (χ3n) is 3.67. The van der Waals surface area contributed by atoms with E-state index in [4.69, 9.17) is 5.73 Å². The number of nitrogens with zero attached hydrogens (tertiary/aromatic N) is 1. The molecule has 0 spiro atoms. The molecule has 0 amide bonds. The molecule has 1 aliphatic carbocycles. The highest BCUT2D eigenvalue weighted by atomic mass is 32.2. The Balaban J connectivity index is 2.00. The van der Waals surface area contributed by atoms with Crippen molar-refractivity contribution in [1.29, 1.82) is 0 Å². The number of anilines is 1. The number of benzene rings is 1. The lowest BCUT2D eigenvalue weighted by Crippen LogP contribution is -2.36. The van der Waals surface area contributed by atoms with E-state index in [0.29, 0.717) is 23.8 Å². The monoisotopic (exact) mass is 297 g/mol. The number of nitrogens with two attached hydrogens (primary N) is 1. The van der Waals surface area contributed by atoms with E-state index in [9.17, 15) is 8.42 Å². The first-order valence-electron chi connectivity index (χ1n) is 7.04. The summed E-state index contributed by atoms with van der Waals surface area (Å²) in [6.45, 7) is 5.98. The second-order valence-electron chi connectivity index (χ2n) is 5.25. The first kappa shape index (κ1) is 15.3. The average molecular weight is 297 g/mol. The Morgan fingerprint density at radius 2 is 2.10 bits per heavy atom. The molecule has 1 aromatic rings. The van der Waals surface area contributed by atoms with Gasteiger partial charge >= 0.3 is 0 Å². The van der Waals surface area contributed by atoms with E-state index in [-0.39, 0.29) is 4.90 Å². The summed E-state index contributed by atoms with van der Waals surface area (Å²) in [7, 11) is -3.53. The molecule has 6 heteroatoms. The number of sulfonamides is 1. The second kappa shape index (κ2) is 6.11. The highest BCUT2D eigenvalue weighted by Crippen LogP contribution is 2.26. The van der Waals surface area contributed by atoms with Crippen LogP contribution in [0.15, 0.2) is 23.1 Å². The minimum atomic E-state index is -3.53. The van der Waals surface area contributed by atoms with Crippen molar-refractivity contribution in [3.63, 3.8) is 0 Å². The minimum absolute atomic E-state index is 0.203. The molecule has 20 heavy (non-hydrogen) atoms. The largest absolute Gasteiger partial charge is 0.398 e. The lowest BCUT2D eigenvalue weighted by molar-refractivity contribution is 0.282. The van der Waals surface area contributed by atoms with Gasteiger partial charge in [0.05, 0.1) is 5.69 Å². The molecule has 0 saturated heterocycles. The Morgan fingerprint density at radius 1 is 1.40 bits per heavy atom. The van der Waals surface area contributed by atoms with Crippen LogP contribution in [0.1, 0.15) is 25.3 Å². The summed E-state index contributed by atoms with van der Waals surface area (Å²) in [4.78, 5) is 2.51. The van der Waals surface area contributed by atoms with Crippen LogP contribution in [-0.2, 0) is 10.0 Å². The van der Waals surface area contributed by atoms with E-state index in [0.717, 1.165) is 13.1 Å². The van der Waals surface area contributed by atoms with Gasteiger partial charge in [0.25, 0.3) is 0 Å². The van der Waals surface area contributed by atoms with Crippen LogP contribution in [-0.4, -0.2) is 39.0 Å². The molecule has 1 aliphatic rings. The molecular weight excluding hydrogens is 274 g/mol. The highest BCUT2D eigenvalue weighted by Gasteiger charge is 2.28. The zero-order valence-electron chi connectivity index (χ0n) is 12.1. The molecule has 3 N–H and O–H groups in total. The van der Waals surface area contributed by atoms with E-state index in [1.807, 2.05) is 0 Å². The van der Waals surface area contributed by atoms with Gasteiger partial charge in [-0.15, -0.1) is 0 Å². The van der Waals surface area contributed by atoms with Crippen molar-refractivity contribution in [2.24, 2.45) is 0 Å². The standard InChI is InChI=1S/C14H23N3O2S/c1-3-17(12-7-8-12)10-9-16-20(18,19)14-11(2)5-4-6-13(14)15/h4-6,12,16H,3,7-10,15H2,1-2H3. The number of rotatable bonds is 7. The maximum Gasteiger partial charge on any atom is 0.242 e. The molecule has 1 aromatic carbocycles. The molecule has 0 atom stereocenters. The van der Waals surface area contributed by atoms with Crippen molar-refractivity contribution < 1.29 is 8.42 Å². The average Bonchev–Trinajstić information content (AvgIpc) is 3.18. The third kappa shape index (κ3) is 3.50. The van der Waals surface area contributed by atoms with Gasteiger partial charge in [-0.3, -0.25) is 4.90 Å². The molecule has 0 radical (unpaired) electrons. The van der Waals surface area contributed by atoms with Crippen LogP contribution < -0.4 is 10.5 Å². The van der Waals surface area contributed by atoms with Crippen molar-refractivity contribution in [3.05, 3.63) is 23.8 Å². The van der Waals surface area contributed by atoms with Gasteiger partial charge in [0.1, 0.15) is 4.90 Å². The molecular formula is C14H23N3O2S. The summed E-state index contributed by atoms with van der Waals surface area (Å²) in [5.41, 5.74) is 6.77. The zero-order valence-corrected chi connectivity index (χ0v) is 12.9. The first-order valence-corrected chi connectivity index (χ1v) is 8.53. The molecule has 1 saturated carbocycles. The zero-order chi connectivity index (χ0) is 14.8. The normalized spacial score (nSPS) is 15.8. The SMILES string of the molecule is CCN(CCNS(=O)(=O)c1c(C)cccc1N)C1CC1. The maximum atomic E-state index is 12.3. The Morgan fingerprint density at radius 3 is 2.65 bits per heavy atom. The Labute approximate surface area is 121 Å². The summed E-state index contributed by atoms with van der Waals surface area (Å²) in [6, 6.07) is 5.78. The predicted octanol–water partition coefficient (Wildman–Crippen LogP) is 1.34. The molecule has 0 unspecified atom stereocenters. The fourth-order valence-corrected chi connectivity index (χ4v) is 3.85. The summed E-state index contributed by atoms with van der Waals surface area (Å²) < 4.78 is 27.3. The van der Waals surface area contributed by atoms with E-state index < -0.39 is 10.0 Å². The summed E-state index contributed by atoms with van der Waals surface area (Å²) >= 11 is 0. The molecule has 0 aliphatic heterocycles. The van der Waals surface area contributed by atoms with Crippen molar-refractivity contribution in [2.45, 2.75) is 37.6 Å². The molecule has 1 fully saturated rings. The van der Waals surface area contributed by atoms with Crippen molar-refractivity contribution in [3.8, 4) is 0 Å². The predicted molar refractivity (Wildman–Crippen MR) is 81.0 cm³/mol. The summed E-state index contributed by atoms with van der Waals surface area (Å²) in [6.07, 6.45) is 2.46. The molecule has 0 heterocycles. The number of hydrogen-bond donors (Lipinski definition) is 2. The van der Waals surface area contributed by atoms with Crippen molar-refractivity contribution >= 4 is 15.7 Å². The third-order valence-corrected chi connectivity index (χ3v) is 5.35. The van der Waals surface area contributed by atoms with E-state index >= 15 is 0 Å². The van der Waals surface area contributed by atoms with Gasteiger partial charge in [0.15, 0.2) is 0 Å². The van der Waals surface area contributed by atoms with Crippen LogP contribution in [0.5, 0.6) is 0 Å². The highest BCUT2D eigenvalue weighted by molar-refractivity contribution is 7.89. The van der Waals surface area contributed by atoms with Gasteiger partial charge in [-0.05, 0) is 37.9 Å². The number of nitrogen functional groups attached to an aromatic ring is 1. The van der Waals surface area contributed by atoms with Crippen LogP contribution >= 0.6 is 0 Å². The maximum absolute atomic E-state index is 12.3. The smallest absolute Gasteiger partial charge is 0.242 e. The number of nitrogens with one attached hydrogen (secondary N) is 1. The molecule has 0 aromatic heterocycles. The van der Waals surface area contributed by atoms with Crippen molar-refractivity contribution in [2.75, 3.05) is 25.4 Å². The van der Waals surface area contributed by atoms with Crippen LogP contribution in [0.4, 0.5) is 5.69 Å². The Kier molecular flexibility index (Phi) is 4.67. The quantitative estimate of drug-likeness (QED) is 0.745. The first-order chi connectivity index (χ1) is 9.45. The second-order valence-corrected chi connectivity index (χ2v) is 6.95. The molecule has 5 nitrogen and oxygen atoms in total. The summed E-state index contributed by atoms with van der Waals surface area (Å²) in [5, 5.41) is 0. The molecule has 2 rings (SSSR count). The van der Waals surface area contributed by atoms with Gasteiger partial charge in [-0.25, -0.2) is 13.1 Å². The van der Waals surface area contributed by atoms with Gasteiger partial charge < -0.3 is 5.73 Å². The van der Waals surface area contributed by atoms with E-state index in [2.05, 4.69) is 16.5 Å². The van der Waals surface area contributed by atoms with Crippen molar-refractivity contribution in [1.82, 2.24) is 9.62 Å². The van der Waals surface area contributed by atoms with E-state index in [1.54, 1.807) is 25.1 Å². The Bertz CT molecular complexity index is 548. The van der Waals surface area contributed by atoms with Crippen LogP contribution in [0.3, 0.4) is 0 Å². The fraction of sp³-hybridized carbons (Fsp3) is 0.571. The topological polar surface area (TPSA) is 75.4 Å². The molecule has 112 valence electrons. The number of hydrogen-bond acceptors (Lipinski definition) is 4. The van der Waals surface area contributed by atoms with Gasteiger partial charge in [-0.2, -0.15) is 0 Å². The lowest BCUT2D eigenvalue weighted by Gasteiger charge is -2.20. The molecule has 0 bridgehead atoms.